The monoisotopic (exact) mass is 195 g/mol. The van der Waals surface area contributed by atoms with E-state index in [4.69, 9.17) is 4.52 Å². The van der Waals surface area contributed by atoms with Crippen LogP contribution >= 0.6 is 0 Å². The Labute approximate surface area is 84.1 Å². The fourth-order valence-electron chi connectivity index (χ4n) is 1.27. The molecule has 1 saturated carbocycles. The van der Waals surface area contributed by atoms with Crippen LogP contribution < -0.4 is 5.32 Å². The molecule has 1 N–H and O–H groups in total. The third kappa shape index (κ3) is 1.95. The summed E-state index contributed by atoms with van der Waals surface area (Å²) in [6.07, 6.45) is 2.37. The second-order valence-electron chi connectivity index (χ2n) is 4.61. The third-order valence-corrected chi connectivity index (χ3v) is 2.67. The topological polar surface area (TPSA) is 51.0 Å². The van der Waals surface area contributed by atoms with Crippen LogP contribution in [0.1, 0.15) is 45.3 Å². The lowest BCUT2D eigenvalue weighted by molar-refractivity contribution is 0.355. The Morgan fingerprint density at radius 3 is 2.79 bits per heavy atom. The predicted octanol–water partition coefficient (Wildman–Crippen LogP) is 1.62. The summed E-state index contributed by atoms with van der Waals surface area (Å²) in [5.74, 6) is 1.57. The van der Waals surface area contributed by atoms with Crippen LogP contribution in [0.3, 0.4) is 0 Å². The molecule has 1 aliphatic rings. The summed E-state index contributed by atoms with van der Waals surface area (Å²) in [5.41, 5.74) is 0.208. The van der Waals surface area contributed by atoms with Gasteiger partial charge in [0.05, 0.1) is 6.54 Å². The van der Waals surface area contributed by atoms with Crippen LogP contribution in [0, 0.1) is 0 Å². The van der Waals surface area contributed by atoms with Crippen molar-refractivity contribution in [3.63, 3.8) is 0 Å². The lowest BCUT2D eigenvalue weighted by atomic mass is 10.1. The molecule has 0 atom stereocenters. The average molecular weight is 195 g/mol. The van der Waals surface area contributed by atoms with Gasteiger partial charge in [0.1, 0.15) is 0 Å². The molecule has 0 bridgehead atoms. The molecule has 78 valence electrons. The zero-order valence-corrected chi connectivity index (χ0v) is 9.00. The summed E-state index contributed by atoms with van der Waals surface area (Å²) in [6.45, 7) is 7.04. The van der Waals surface area contributed by atoms with E-state index in [9.17, 15) is 0 Å². The molecule has 1 fully saturated rings. The Kier molecular flexibility index (Phi) is 2.31. The maximum absolute atomic E-state index is 5.16. The zero-order chi connectivity index (χ0) is 10.2. The highest BCUT2D eigenvalue weighted by Crippen LogP contribution is 2.45. The van der Waals surface area contributed by atoms with Crippen LogP contribution in [0.5, 0.6) is 0 Å². The number of aromatic nitrogens is 2. The van der Waals surface area contributed by atoms with Crippen molar-refractivity contribution < 1.29 is 4.52 Å². The van der Waals surface area contributed by atoms with E-state index in [0.717, 1.165) is 5.82 Å². The Morgan fingerprint density at radius 1 is 1.50 bits per heavy atom. The van der Waals surface area contributed by atoms with Crippen molar-refractivity contribution in [2.75, 3.05) is 0 Å². The van der Waals surface area contributed by atoms with Gasteiger partial charge in [0.15, 0.2) is 5.82 Å². The molecule has 0 unspecified atom stereocenters. The minimum atomic E-state index is 0.208. The van der Waals surface area contributed by atoms with E-state index >= 15 is 0 Å². The van der Waals surface area contributed by atoms with Crippen LogP contribution in [-0.4, -0.2) is 16.2 Å². The molecule has 1 aromatic rings. The first kappa shape index (κ1) is 9.65. The van der Waals surface area contributed by atoms with Crippen LogP contribution in [0.4, 0.5) is 0 Å². The largest absolute Gasteiger partial charge is 0.338 e. The molecular weight excluding hydrogens is 178 g/mol. The van der Waals surface area contributed by atoms with Gasteiger partial charge in [0, 0.05) is 11.5 Å². The van der Waals surface area contributed by atoms with E-state index in [2.05, 4.69) is 36.2 Å². The normalized spacial score (nSPS) is 18.9. The number of hydrogen-bond acceptors (Lipinski definition) is 4. The molecule has 1 aliphatic carbocycles. The summed E-state index contributed by atoms with van der Waals surface area (Å²) in [7, 11) is 0. The van der Waals surface area contributed by atoms with E-state index in [-0.39, 0.29) is 5.41 Å². The van der Waals surface area contributed by atoms with Crippen LogP contribution in [0.2, 0.25) is 0 Å². The molecule has 4 nitrogen and oxygen atoms in total. The molecule has 0 aromatic carbocycles. The summed E-state index contributed by atoms with van der Waals surface area (Å²) in [6, 6.07) is 0.446. The van der Waals surface area contributed by atoms with Crippen LogP contribution in [0.25, 0.3) is 0 Å². The molecule has 1 aromatic heterocycles. The Balaban J connectivity index is 1.96. The number of rotatable bonds is 4. The molecular formula is C10H17N3O. The smallest absolute Gasteiger partial charge is 0.240 e. The molecule has 0 saturated heterocycles. The number of nitrogens with zero attached hydrogens (tertiary/aromatic N) is 2. The predicted molar refractivity (Wildman–Crippen MR) is 52.9 cm³/mol. The van der Waals surface area contributed by atoms with Crippen molar-refractivity contribution in [1.29, 1.82) is 0 Å². The number of nitrogens with one attached hydrogen (secondary N) is 1. The standard InChI is InChI=1S/C10H17N3O/c1-7(2)11-6-8-12-9(13-14-8)10(3)4-5-10/h7,11H,4-6H2,1-3H3. The third-order valence-electron chi connectivity index (χ3n) is 2.67. The van der Waals surface area contributed by atoms with E-state index in [1.54, 1.807) is 0 Å². The van der Waals surface area contributed by atoms with E-state index in [1.807, 2.05) is 0 Å². The lowest BCUT2D eigenvalue weighted by Crippen LogP contribution is -2.22. The second kappa shape index (κ2) is 3.35. The minimum Gasteiger partial charge on any atom is -0.338 e. The lowest BCUT2D eigenvalue weighted by Gasteiger charge is -2.03. The Bertz CT molecular complexity index is 315. The first-order valence-corrected chi connectivity index (χ1v) is 5.17. The molecule has 14 heavy (non-hydrogen) atoms. The summed E-state index contributed by atoms with van der Waals surface area (Å²) in [4.78, 5) is 4.38. The SMILES string of the molecule is CC(C)NCc1nc(C2(C)CC2)no1. The highest BCUT2D eigenvalue weighted by molar-refractivity contribution is 5.14. The van der Waals surface area contributed by atoms with Gasteiger partial charge in [-0.25, -0.2) is 0 Å². The maximum Gasteiger partial charge on any atom is 0.240 e. The fourth-order valence-corrected chi connectivity index (χ4v) is 1.27. The van der Waals surface area contributed by atoms with Gasteiger partial charge in [-0.1, -0.05) is 25.9 Å². The molecule has 0 amide bonds. The molecule has 2 rings (SSSR count). The van der Waals surface area contributed by atoms with Crippen molar-refractivity contribution in [2.24, 2.45) is 0 Å². The number of hydrogen-bond donors (Lipinski definition) is 1. The van der Waals surface area contributed by atoms with Gasteiger partial charge in [-0.15, -0.1) is 0 Å². The van der Waals surface area contributed by atoms with Gasteiger partial charge in [-0.3, -0.25) is 0 Å². The molecule has 4 heteroatoms. The maximum atomic E-state index is 5.16. The highest BCUT2D eigenvalue weighted by atomic mass is 16.5. The van der Waals surface area contributed by atoms with Crippen molar-refractivity contribution in [1.82, 2.24) is 15.5 Å². The van der Waals surface area contributed by atoms with Crippen molar-refractivity contribution in [2.45, 2.75) is 51.6 Å². The van der Waals surface area contributed by atoms with E-state index in [0.29, 0.717) is 18.5 Å². The van der Waals surface area contributed by atoms with Crippen molar-refractivity contribution >= 4 is 0 Å². The summed E-state index contributed by atoms with van der Waals surface area (Å²) < 4.78 is 5.16. The van der Waals surface area contributed by atoms with Gasteiger partial charge in [0.25, 0.3) is 0 Å². The molecule has 0 radical (unpaired) electrons. The van der Waals surface area contributed by atoms with Crippen molar-refractivity contribution in [3.8, 4) is 0 Å². The average Bonchev–Trinajstić information content (AvgIpc) is 2.70. The quantitative estimate of drug-likeness (QED) is 0.793. The summed E-state index contributed by atoms with van der Waals surface area (Å²) >= 11 is 0. The minimum absolute atomic E-state index is 0.208. The van der Waals surface area contributed by atoms with Gasteiger partial charge in [-0.2, -0.15) is 4.98 Å². The first-order valence-electron chi connectivity index (χ1n) is 5.17. The molecule has 0 spiro atoms. The zero-order valence-electron chi connectivity index (χ0n) is 9.00. The fraction of sp³-hybridized carbons (Fsp3) is 0.800. The van der Waals surface area contributed by atoms with Gasteiger partial charge in [-0.05, 0) is 12.8 Å². The van der Waals surface area contributed by atoms with Crippen LogP contribution in [0.15, 0.2) is 4.52 Å². The van der Waals surface area contributed by atoms with Crippen molar-refractivity contribution in [3.05, 3.63) is 11.7 Å². The van der Waals surface area contributed by atoms with Gasteiger partial charge >= 0.3 is 0 Å². The van der Waals surface area contributed by atoms with E-state index in [1.165, 1.54) is 12.8 Å². The molecule has 0 aliphatic heterocycles. The van der Waals surface area contributed by atoms with Gasteiger partial charge in [0.2, 0.25) is 5.89 Å². The second-order valence-corrected chi connectivity index (χ2v) is 4.61. The van der Waals surface area contributed by atoms with Gasteiger partial charge < -0.3 is 9.84 Å². The van der Waals surface area contributed by atoms with Crippen LogP contribution in [-0.2, 0) is 12.0 Å². The molecule has 1 heterocycles. The Morgan fingerprint density at radius 2 is 2.21 bits per heavy atom. The first-order chi connectivity index (χ1) is 6.60. The highest BCUT2D eigenvalue weighted by Gasteiger charge is 2.43. The summed E-state index contributed by atoms with van der Waals surface area (Å²) in [5, 5.41) is 7.25. The van der Waals surface area contributed by atoms with E-state index < -0.39 is 0 Å². The Hall–Kier alpha value is -0.900.